The van der Waals surface area contributed by atoms with Crippen molar-refractivity contribution in [3.05, 3.63) is 27.7 Å². The summed E-state index contributed by atoms with van der Waals surface area (Å²) in [7, 11) is 0. The van der Waals surface area contributed by atoms with Crippen molar-refractivity contribution in [2.75, 3.05) is 0 Å². The number of halogens is 1. The van der Waals surface area contributed by atoms with E-state index in [1.54, 1.807) is 12.3 Å². The maximum absolute atomic E-state index is 11.8. The number of nitrogens with zero attached hydrogens (tertiary/aromatic N) is 1. The first-order chi connectivity index (χ1) is 7.87. The molecule has 4 nitrogen and oxygen atoms in total. The number of pyridine rings is 1. The molecule has 0 bridgehead atoms. The fraction of sp³-hybridized carbons (Fsp3) is 0.333. The lowest BCUT2D eigenvalue weighted by atomic mass is 10.2. The molecule has 0 unspecified atom stereocenters. The Hall–Kier alpha value is -1.11. The molecule has 0 aromatic carbocycles. The quantitative estimate of drug-likeness (QED) is 0.587. The second-order valence-electron chi connectivity index (χ2n) is 4.66. The van der Waals surface area contributed by atoms with Gasteiger partial charge in [0.25, 0.3) is 0 Å². The zero-order valence-corrected chi connectivity index (χ0v) is 11.9. The van der Waals surface area contributed by atoms with Crippen LogP contribution in [0, 0.1) is 3.57 Å². The minimum absolute atomic E-state index is 0.371. The van der Waals surface area contributed by atoms with E-state index in [4.69, 9.17) is 9.15 Å². The van der Waals surface area contributed by atoms with E-state index >= 15 is 0 Å². The minimum atomic E-state index is -0.504. The van der Waals surface area contributed by atoms with Gasteiger partial charge in [0, 0.05) is 6.20 Å². The lowest BCUT2D eigenvalue weighted by Crippen LogP contribution is -2.23. The summed E-state index contributed by atoms with van der Waals surface area (Å²) in [5.41, 5.74) is 0.462. The van der Waals surface area contributed by atoms with Crippen molar-refractivity contribution in [3.8, 4) is 0 Å². The van der Waals surface area contributed by atoms with E-state index in [0.29, 0.717) is 11.3 Å². The molecule has 17 heavy (non-hydrogen) atoms. The van der Waals surface area contributed by atoms with E-state index in [1.165, 1.54) is 6.20 Å². The highest BCUT2D eigenvalue weighted by Crippen LogP contribution is 2.22. The monoisotopic (exact) mass is 345 g/mol. The van der Waals surface area contributed by atoms with Gasteiger partial charge in [0.1, 0.15) is 11.9 Å². The second kappa shape index (κ2) is 4.29. The van der Waals surface area contributed by atoms with Gasteiger partial charge in [-0.25, -0.2) is 9.78 Å². The predicted octanol–water partition coefficient (Wildman–Crippen LogP) is 3.39. The maximum Gasteiger partial charge on any atom is 0.340 e. The Morgan fingerprint density at radius 3 is 2.82 bits per heavy atom. The van der Waals surface area contributed by atoms with Gasteiger partial charge >= 0.3 is 5.97 Å². The van der Waals surface area contributed by atoms with Crippen LogP contribution in [0.25, 0.3) is 11.1 Å². The fourth-order valence-corrected chi connectivity index (χ4v) is 1.85. The fourth-order valence-electron chi connectivity index (χ4n) is 1.34. The van der Waals surface area contributed by atoms with Gasteiger partial charge in [-0.1, -0.05) is 0 Å². The third-order valence-corrected chi connectivity index (χ3v) is 2.85. The van der Waals surface area contributed by atoms with Crippen molar-refractivity contribution in [2.24, 2.45) is 0 Å². The molecular formula is C12H12INO3. The largest absolute Gasteiger partial charge is 0.456 e. The van der Waals surface area contributed by atoms with Crippen molar-refractivity contribution >= 4 is 39.7 Å². The van der Waals surface area contributed by atoms with Crippen LogP contribution in [0.15, 0.2) is 22.9 Å². The molecule has 0 aliphatic heterocycles. The number of ether oxygens (including phenoxy) is 1. The summed E-state index contributed by atoms with van der Waals surface area (Å²) < 4.78 is 11.4. The molecule has 0 saturated heterocycles. The first-order valence-electron chi connectivity index (χ1n) is 5.13. The Morgan fingerprint density at radius 2 is 2.18 bits per heavy atom. The molecule has 0 atom stereocenters. The van der Waals surface area contributed by atoms with E-state index in [0.717, 1.165) is 8.96 Å². The number of carbonyl (C=O) groups excluding carboxylic acids is 1. The van der Waals surface area contributed by atoms with Gasteiger partial charge in [-0.05, 0) is 49.4 Å². The number of hydrogen-bond donors (Lipinski definition) is 0. The maximum atomic E-state index is 11.8. The summed E-state index contributed by atoms with van der Waals surface area (Å²) in [5.74, 6) is -0.371. The summed E-state index contributed by atoms with van der Waals surface area (Å²) >= 11 is 2.14. The zero-order valence-electron chi connectivity index (χ0n) is 9.78. The third kappa shape index (κ3) is 2.77. The number of aromatic nitrogens is 1. The second-order valence-corrected chi connectivity index (χ2v) is 5.82. The Bertz CT molecular complexity index is 569. The number of rotatable bonds is 1. The molecule has 0 amide bonds. The van der Waals surface area contributed by atoms with Gasteiger partial charge in [-0.3, -0.25) is 0 Å². The van der Waals surface area contributed by atoms with Gasteiger partial charge in [0.15, 0.2) is 0 Å². The molecule has 2 rings (SSSR count). The van der Waals surface area contributed by atoms with Gasteiger partial charge < -0.3 is 9.15 Å². The van der Waals surface area contributed by atoms with Gasteiger partial charge in [-0.15, -0.1) is 0 Å². The Kier molecular flexibility index (Phi) is 3.11. The normalized spacial score (nSPS) is 11.8. The standard InChI is InChI=1S/C12H12INO3/c1-12(2,3)17-11(15)7-4-8-9(13)6-16-10(8)14-5-7/h4-6H,1-3H3. The van der Waals surface area contributed by atoms with Gasteiger partial charge in [-0.2, -0.15) is 0 Å². The van der Waals surface area contributed by atoms with Crippen molar-refractivity contribution in [1.29, 1.82) is 0 Å². The minimum Gasteiger partial charge on any atom is -0.456 e. The van der Waals surface area contributed by atoms with E-state index in [1.807, 2.05) is 20.8 Å². The van der Waals surface area contributed by atoms with Crippen LogP contribution in [0.1, 0.15) is 31.1 Å². The summed E-state index contributed by atoms with van der Waals surface area (Å²) in [6, 6.07) is 1.74. The molecule has 2 aromatic heterocycles. The summed E-state index contributed by atoms with van der Waals surface area (Å²) in [6.07, 6.45) is 3.08. The zero-order chi connectivity index (χ0) is 12.6. The third-order valence-electron chi connectivity index (χ3n) is 2.02. The number of carbonyl (C=O) groups is 1. The van der Waals surface area contributed by atoms with E-state index in [2.05, 4.69) is 27.6 Å². The van der Waals surface area contributed by atoms with Crippen LogP contribution < -0.4 is 0 Å². The van der Waals surface area contributed by atoms with Crippen molar-refractivity contribution in [1.82, 2.24) is 4.98 Å². The Morgan fingerprint density at radius 1 is 1.47 bits per heavy atom. The molecule has 0 fully saturated rings. The molecular weight excluding hydrogens is 333 g/mol. The molecule has 0 N–H and O–H groups in total. The smallest absolute Gasteiger partial charge is 0.340 e. The van der Waals surface area contributed by atoms with Crippen LogP contribution in [-0.4, -0.2) is 16.6 Å². The van der Waals surface area contributed by atoms with Crippen LogP contribution in [0.4, 0.5) is 0 Å². The molecule has 0 aliphatic carbocycles. The first-order valence-corrected chi connectivity index (χ1v) is 6.21. The molecule has 2 heterocycles. The van der Waals surface area contributed by atoms with E-state index in [9.17, 15) is 4.79 Å². The molecule has 0 radical (unpaired) electrons. The highest BCUT2D eigenvalue weighted by Gasteiger charge is 2.19. The van der Waals surface area contributed by atoms with Crippen LogP contribution in [0.5, 0.6) is 0 Å². The predicted molar refractivity (Wildman–Crippen MR) is 71.9 cm³/mol. The van der Waals surface area contributed by atoms with Crippen LogP contribution >= 0.6 is 22.6 Å². The lowest BCUT2D eigenvalue weighted by molar-refractivity contribution is 0.00693. The first kappa shape index (κ1) is 12.3. The van der Waals surface area contributed by atoms with Gasteiger partial charge in [0.05, 0.1) is 14.5 Å². The Balaban J connectivity index is 2.36. The van der Waals surface area contributed by atoms with Crippen LogP contribution in [0.2, 0.25) is 0 Å². The molecule has 0 aliphatic rings. The number of esters is 1. The molecule has 5 heteroatoms. The van der Waals surface area contributed by atoms with Crippen LogP contribution in [-0.2, 0) is 4.74 Å². The SMILES string of the molecule is CC(C)(C)OC(=O)c1cnc2occ(I)c2c1. The average molecular weight is 345 g/mol. The molecule has 90 valence electrons. The molecule has 2 aromatic rings. The van der Waals surface area contributed by atoms with E-state index < -0.39 is 5.60 Å². The summed E-state index contributed by atoms with van der Waals surface area (Å²) in [5, 5.41) is 0.828. The lowest BCUT2D eigenvalue weighted by Gasteiger charge is -2.19. The highest BCUT2D eigenvalue weighted by molar-refractivity contribution is 14.1. The van der Waals surface area contributed by atoms with Crippen molar-refractivity contribution in [3.63, 3.8) is 0 Å². The van der Waals surface area contributed by atoms with E-state index in [-0.39, 0.29) is 5.97 Å². The molecule has 0 spiro atoms. The molecule has 0 saturated carbocycles. The van der Waals surface area contributed by atoms with Gasteiger partial charge in [0.2, 0.25) is 5.71 Å². The number of fused-ring (bicyclic) bond motifs is 1. The average Bonchev–Trinajstić information content (AvgIpc) is 2.57. The number of furan rings is 1. The van der Waals surface area contributed by atoms with Crippen molar-refractivity contribution in [2.45, 2.75) is 26.4 Å². The summed E-state index contributed by atoms with van der Waals surface area (Å²) in [4.78, 5) is 15.9. The number of hydrogen-bond acceptors (Lipinski definition) is 4. The topological polar surface area (TPSA) is 52.3 Å². The van der Waals surface area contributed by atoms with Crippen LogP contribution in [0.3, 0.4) is 0 Å². The highest BCUT2D eigenvalue weighted by atomic mass is 127. The van der Waals surface area contributed by atoms with Crippen molar-refractivity contribution < 1.29 is 13.9 Å². The summed E-state index contributed by atoms with van der Waals surface area (Å²) in [6.45, 7) is 5.50. The Labute approximate surface area is 112 Å².